The minimum atomic E-state index is -0.285. The summed E-state index contributed by atoms with van der Waals surface area (Å²) in [5, 5.41) is 0. The molecule has 0 aromatic carbocycles. The molecule has 0 radical (unpaired) electrons. The smallest absolute Gasteiger partial charge is 0.332 e. The molecule has 0 heterocycles. The summed E-state index contributed by atoms with van der Waals surface area (Å²) >= 11 is 0. The molecule has 0 bridgehead atoms. The van der Waals surface area contributed by atoms with Crippen LogP contribution in [0.15, 0.2) is 0 Å². The molecule has 0 aliphatic carbocycles. The van der Waals surface area contributed by atoms with Crippen LogP contribution in [0.5, 0.6) is 0 Å². The van der Waals surface area contributed by atoms with Crippen LogP contribution in [0.2, 0.25) is 0 Å². The number of likely N-dealkylation sites (N-methyl/N-ethyl adjacent to an activating group) is 1. The standard InChI is InChI=1S/C12H25NO3/c1-5-11(6-2)13(4)8-9-15-10-12(14)16-7-3/h11H,5-10H2,1-4H3. The minimum absolute atomic E-state index is 0.0601. The quantitative estimate of drug-likeness (QED) is 0.447. The fourth-order valence-corrected chi connectivity index (χ4v) is 1.66. The largest absolute Gasteiger partial charge is 0.464 e. The average Bonchev–Trinajstić information content (AvgIpc) is 2.26. The molecule has 0 saturated carbocycles. The highest BCUT2D eigenvalue weighted by Crippen LogP contribution is 2.04. The van der Waals surface area contributed by atoms with Gasteiger partial charge in [0.25, 0.3) is 0 Å². The Morgan fingerprint density at radius 1 is 1.25 bits per heavy atom. The van der Waals surface area contributed by atoms with Crippen LogP contribution in [-0.4, -0.2) is 50.3 Å². The van der Waals surface area contributed by atoms with Gasteiger partial charge in [0.15, 0.2) is 0 Å². The summed E-state index contributed by atoms with van der Waals surface area (Å²) in [4.78, 5) is 13.2. The SMILES string of the molecule is CCOC(=O)COCCN(C)C(CC)CC. The van der Waals surface area contributed by atoms with Gasteiger partial charge in [-0.3, -0.25) is 0 Å². The van der Waals surface area contributed by atoms with Gasteiger partial charge >= 0.3 is 5.97 Å². The van der Waals surface area contributed by atoms with Crippen LogP contribution in [0, 0.1) is 0 Å². The van der Waals surface area contributed by atoms with Gasteiger partial charge in [-0.15, -0.1) is 0 Å². The highest BCUT2D eigenvalue weighted by Gasteiger charge is 2.09. The number of hydrogen-bond donors (Lipinski definition) is 0. The molecular formula is C12H25NO3. The number of ether oxygens (including phenoxy) is 2. The number of nitrogens with zero attached hydrogens (tertiary/aromatic N) is 1. The van der Waals surface area contributed by atoms with Crippen LogP contribution < -0.4 is 0 Å². The Kier molecular flexibility index (Phi) is 9.24. The zero-order valence-electron chi connectivity index (χ0n) is 11.0. The minimum Gasteiger partial charge on any atom is -0.464 e. The van der Waals surface area contributed by atoms with Crippen molar-refractivity contribution < 1.29 is 14.3 Å². The molecule has 16 heavy (non-hydrogen) atoms. The molecule has 4 heteroatoms. The van der Waals surface area contributed by atoms with E-state index in [2.05, 4.69) is 25.8 Å². The van der Waals surface area contributed by atoms with Crippen molar-refractivity contribution in [3.8, 4) is 0 Å². The molecule has 0 aliphatic rings. The van der Waals surface area contributed by atoms with Crippen LogP contribution in [0.3, 0.4) is 0 Å². The Bertz CT molecular complexity index is 181. The Morgan fingerprint density at radius 3 is 2.38 bits per heavy atom. The van der Waals surface area contributed by atoms with Gasteiger partial charge in [-0.25, -0.2) is 4.79 Å². The molecule has 0 unspecified atom stereocenters. The molecule has 0 amide bonds. The molecule has 0 N–H and O–H groups in total. The van der Waals surface area contributed by atoms with Crippen molar-refractivity contribution in [3.63, 3.8) is 0 Å². The maximum atomic E-state index is 11.0. The first-order valence-corrected chi connectivity index (χ1v) is 6.09. The average molecular weight is 231 g/mol. The lowest BCUT2D eigenvalue weighted by Crippen LogP contribution is -2.33. The second kappa shape index (κ2) is 9.60. The normalized spacial score (nSPS) is 11.1. The highest BCUT2D eigenvalue weighted by molar-refractivity contribution is 5.70. The number of hydrogen-bond acceptors (Lipinski definition) is 4. The maximum absolute atomic E-state index is 11.0. The van der Waals surface area contributed by atoms with Gasteiger partial charge < -0.3 is 14.4 Å². The summed E-state index contributed by atoms with van der Waals surface area (Å²) in [6.45, 7) is 8.06. The van der Waals surface area contributed by atoms with E-state index in [1.165, 1.54) is 0 Å². The fourth-order valence-electron chi connectivity index (χ4n) is 1.66. The zero-order chi connectivity index (χ0) is 12.4. The summed E-state index contributed by atoms with van der Waals surface area (Å²) in [7, 11) is 2.09. The van der Waals surface area contributed by atoms with E-state index in [9.17, 15) is 4.79 Å². The Hall–Kier alpha value is -0.610. The summed E-state index contributed by atoms with van der Waals surface area (Å²) in [5.74, 6) is -0.285. The van der Waals surface area contributed by atoms with Crippen molar-refractivity contribution in [1.29, 1.82) is 0 Å². The molecule has 0 aromatic heterocycles. The molecule has 0 aromatic rings. The second-order valence-corrected chi connectivity index (χ2v) is 3.81. The van der Waals surface area contributed by atoms with Crippen molar-refractivity contribution in [3.05, 3.63) is 0 Å². The highest BCUT2D eigenvalue weighted by atomic mass is 16.6. The van der Waals surface area contributed by atoms with Gasteiger partial charge in [-0.2, -0.15) is 0 Å². The van der Waals surface area contributed by atoms with Crippen LogP contribution >= 0.6 is 0 Å². The first-order valence-electron chi connectivity index (χ1n) is 6.09. The third-order valence-corrected chi connectivity index (χ3v) is 2.68. The number of rotatable bonds is 9. The van der Waals surface area contributed by atoms with Gasteiger partial charge in [0.05, 0.1) is 13.2 Å². The predicted molar refractivity (Wildman–Crippen MR) is 64.5 cm³/mol. The van der Waals surface area contributed by atoms with Crippen LogP contribution in [0.1, 0.15) is 33.6 Å². The monoisotopic (exact) mass is 231 g/mol. The van der Waals surface area contributed by atoms with E-state index in [4.69, 9.17) is 9.47 Å². The van der Waals surface area contributed by atoms with Gasteiger partial charge in [0, 0.05) is 12.6 Å². The summed E-state index contributed by atoms with van der Waals surface area (Å²) in [6.07, 6.45) is 2.29. The molecule has 96 valence electrons. The van der Waals surface area contributed by atoms with Crippen LogP contribution in [0.4, 0.5) is 0 Å². The lowest BCUT2D eigenvalue weighted by Gasteiger charge is -2.25. The van der Waals surface area contributed by atoms with Crippen LogP contribution in [0.25, 0.3) is 0 Å². The third kappa shape index (κ3) is 6.80. The van der Waals surface area contributed by atoms with Crippen LogP contribution in [-0.2, 0) is 14.3 Å². The molecule has 0 aliphatic heterocycles. The second-order valence-electron chi connectivity index (χ2n) is 3.81. The Morgan fingerprint density at radius 2 is 1.88 bits per heavy atom. The molecule has 0 saturated heterocycles. The lowest BCUT2D eigenvalue weighted by molar-refractivity contribution is -0.148. The molecule has 0 rings (SSSR count). The molecular weight excluding hydrogens is 206 g/mol. The molecule has 0 fully saturated rings. The van der Waals surface area contributed by atoms with Gasteiger partial charge in [0.2, 0.25) is 0 Å². The first-order chi connectivity index (χ1) is 7.65. The summed E-state index contributed by atoms with van der Waals surface area (Å²) in [5.41, 5.74) is 0. The van der Waals surface area contributed by atoms with E-state index < -0.39 is 0 Å². The van der Waals surface area contributed by atoms with Gasteiger partial charge in [0.1, 0.15) is 6.61 Å². The fraction of sp³-hybridized carbons (Fsp3) is 0.917. The third-order valence-electron chi connectivity index (χ3n) is 2.68. The van der Waals surface area contributed by atoms with Gasteiger partial charge in [-0.05, 0) is 26.8 Å². The summed E-state index contributed by atoms with van der Waals surface area (Å²) < 4.78 is 10.0. The topological polar surface area (TPSA) is 38.8 Å². The molecule has 0 atom stereocenters. The van der Waals surface area contributed by atoms with E-state index in [0.717, 1.165) is 19.4 Å². The van der Waals surface area contributed by atoms with E-state index in [1.54, 1.807) is 6.92 Å². The lowest BCUT2D eigenvalue weighted by atomic mass is 10.1. The predicted octanol–water partition coefficient (Wildman–Crippen LogP) is 1.69. The van der Waals surface area contributed by atoms with E-state index in [-0.39, 0.29) is 12.6 Å². The van der Waals surface area contributed by atoms with Crippen molar-refractivity contribution in [2.75, 3.05) is 33.4 Å². The van der Waals surface area contributed by atoms with Crippen molar-refractivity contribution >= 4 is 5.97 Å². The number of carbonyl (C=O) groups excluding carboxylic acids is 1. The van der Waals surface area contributed by atoms with Crippen molar-refractivity contribution in [1.82, 2.24) is 4.90 Å². The Labute approximate surface area is 98.9 Å². The first kappa shape index (κ1) is 15.4. The van der Waals surface area contributed by atoms with E-state index in [1.807, 2.05) is 0 Å². The number of esters is 1. The van der Waals surface area contributed by atoms with E-state index in [0.29, 0.717) is 19.3 Å². The molecule has 0 spiro atoms. The maximum Gasteiger partial charge on any atom is 0.332 e. The molecule has 4 nitrogen and oxygen atoms in total. The number of carbonyl (C=O) groups is 1. The Balaban J connectivity index is 3.54. The zero-order valence-corrected chi connectivity index (χ0v) is 11.0. The van der Waals surface area contributed by atoms with Gasteiger partial charge in [-0.1, -0.05) is 13.8 Å². The van der Waals surface area contributed by atoms with E-state index >= 15 is 0 Å². The van der Waals surface area contributed by atoms with Crippen molar-refractivity contribution in [2.24, 2.45) is 0 Å². The van der Waals surface area contributed by atoms with Crippen molar-refractivity contribution in [2.45, 2.75) is 39.7 Å². The summed E-state index contributed by atoms with van der Waals surface area (Å²) in [6, 6.07) is 0.603.